The van der Waals surface area contributed by atoms with E-state index in [1.54, 1.807) is 0 Å². The minimum Gasteiger partial charge on any atom is -0.476 e. The van der Waals surface area contributed by atoms with Gasteiger partial charge in [0.15, 0.2) is 9.87 Å². The lowest BCUT2D eigenvalue weighted by Gasteiger charge is -2.45. The topological polar surface area (TPSA) is 46.2 Å². The molecule has 0 aliphatic heterocycles. The van der Waals surface area contributed by atoms with Crippen LogP contribution >= 0.6 is 20.6 Å². The van der Waals surface area contributed by atoms with Crippen LogP contribution in [0.3, 0.4) is 0 Å². The van der Waals surface area contributed by atoms with Crippen LogP contribution in [-0.2, 0) is 0 Å². The predicted molar refractivity (Wildman–Crippen MR) is 190 cm³/mol. The Morgan fingerprint density at radius 1 is 0.500 bits per heavy atom. The summed E-state index contributed by atoms with van der Waals surface area (Å²) in [5.41, 5.74) is 2.26. The normalized spacial score (nSPS) is 13.0. The van der Waals surface area contributed by atoms with E-state index >= 15 is 0 Å². The Hall–Kier alpha value is -3.68. The highest BCUT2D eigenvalue weighted by Crippen LogP contribution is 2.55. The molecule has 4 rings (SSSR count). The number of rotatable bonds is 13. The number of benzene rings is 4. The first-order valence-electron chi connectivity index (χ1n) is 14.5. The molecule has 0 spiro atoms. The lowest BCUT2D eigenvalue weighted by Crippen LogP contribution is -2.36. The number of hydrogen-bond acceptors (Lipinski definition) is 5. The number of hydrogen-bond donors (Lipinski definition) is 0. The molecule has 0 unspecified atom stereocenters. The molecule has 44 heavy (non-hydrogen) atoms. The third kappa shape index (κ3) is 8.27. The van der Waals surface area contributed by atoms with Crippen molar-refractivity contribution in [1.82, 2.24) is 0 Å². The van der Waals surface area contributed by atoms with E-state index in [1.165, 1.54) is 5.56 Å². The van der Waals surface area contributed by atoms with Crippen molar-refractivity contribution in [2.75, 3.05) is 25.0 Å². The van der Waals surface area contributed by atoms with Crippen molar-refractivity contribution in [2.24, 2.45) is 0 Å². The van der Waals surface area contributed by atoms with E-state index in [2.05, 4.69) is 78.4 Å². The predicted octanol–water partition coefficient (Wildman–Crippen LogP) is 10.8. The maximum absolute atomic E-state index is 6.48. The van der Waals surface area contributed by atoms with Crippen LogP contribution in [0.5, 0.6) is 34.5 Å². The average molecular weight is 635 g/mol. The minimum absolute atomic E-state index is 0.504. The second-order valence-corrected chi connectivity index (χ2v) is 19.5. The molecule has 0 radical (unpaired) electrons. The smallest absolute Gasteiger partial charge is 0.162 e. The van der Waals surface area contributed by atoms with Gasteiger partial charge in [-0.1, -0.05) is 63.1 Å². The summed E-state index contributed by atoms with van der Waals surface area (Å²) in [7, 11) is -3.26. The molecule has 0 aliphatic rings. The zero-order valence-corrected chi connectivity index (χ0v) is 29.0. The molecule has 0 heterocycles. The summed E-state index contributed by atoms with van der Waals surface area (Å²) in [6, 6.07) is 31.4. The first-order valence-corrected chi connectivity index (χ1v) is 19.2. The van der Waals surface area contributed by atoms with Gasteiger partial charge in [-0.25, -0.2) is 0 Å². The molecule has 0 aromatic heterocycles. The van der Waals surface area contributed by atoms with Crippen molar-refractivity contribution in [1.29, 1.82) is 0 Å². The molecule has 0 amide bonds. The van der Waals surface area contributed by atoms with Crippen molar-refractivity contribution in [3.05, 3.63) is 115 Å². The highest BCUT2D eigenvalue weighted by Gasteiger charge is 2.38. The molecule has 7 heteroatoms. The molecule has 236 valence electrons. The fourth-order valence-corrected chi connectivity index (χ4v) is 6.17. The summed E-state index contributed by atoms with van der Waals surface area (Å²) >= 11 is 0. The van der Waals surface area contributed by atoms with Crippen LogP contribution in [-0.4, -0.2) is 34.9 Å². The van der Waals surface area contributed by atoms with Gasteiger partial charge < -0.3 is 22.6 Å². The van der Waals surface area contributed by atoms with Crippen molar-refractivity contribution < 1.29 is 22.6 Å². The molecule has 0 atom stereocenters. The Morgan fingerprint density at radius 3 is 1.20 bits per heavy atom. The third-order valence-electron chi connectivity index (χ3n) is 7.72. The maximum atomic E-state index is 6.48. The maximum Gasteiger partial charge on any atom is 0.162 e. The summed E-state index contributed by atoms with van der Waals surface area (Å²) in [6.07, 6.45) is 10.3. The second kappa shape index (κ2) is 13.1. The van der Waals surface area contributed by atoms with E-state index in [0.29, 0.717) is 5.75 Å². The fraction of sp³-hybridized carbons (Fsp3) is 0.297. The van der Waals surface area contributed by atoms with Gasteiger partial charge in [-0.3, -0.25) is 0 Å². The van der Waals surface area contributed by atoms with Crippen LogP contribution < -0.4 is 22.6 Å². The van der Waals surface area contributed by atoms with E-state index in [0.717, 1.165) is 34.3 Å². The van der Waals surface area contributed by atoms with E-state index < -0.39 is 30.5 Å². The number of aryl methyl sites for hydroxylation is 1. The molecule has 5 nitrogen and oxygen atoms in total. The van der Waals surface area contributed by atoms with Crippen molar-refractivity contribution in [3.8, 4) is 34.5 Å². The molecule has 0 bridgehead atoms. The zero-order chi connectivity index (χ0) is 32.2. The molecular weight excluding hydrogens is 589 g/mol. The standard InChI is InChI=1S/C37H46O5S2/c1-11-29-14-18-34(19-15-29)41-43(7,8)37(5,6)40-33-24-20-30(21-25-33)38-31-22-26-35(27-23-31)42-44(9,10)36(3,4)39-32-16-12-28(2)13-17-32/h11-27H,1H2,2-10H3. The van der Waals surface area contributed by atoms with Gasteiger partial charge in [-0.2, -0.15) is 0 Å². The Labute approximate surface area is 267 Å². The Morgan fingerprint density at radius 2 is 0.818 bits per heavy atom. The first-order chi connectivity index (χ1) is 20.6. The van der Waals surface area contributed by atoms with Crippen LogP contribution in [0.25, 0.3) is 6.08 Å². The Kier molecular flexibility index (Phi) is 9.91. The quantitative estimate of drug-likeness (QED) is 0.146. The highest BCUT2D eigenvalue weighted by atomic mass is 32.3. The van der Waals surface area contributed by atoms with Crippen molar-refractivity contribution in [2.45, 2.75) is 44.5 Å². The van der Waals surface area contributed by atoms with Crippen LogP contribution in [0.2, 0.25) is 0 Å². The summed E-state index contributed by atoms with van der Waals surface area (Å²) < 4.78 is 31.8. The molecule has 0 saturated carbocycles. The van der Waals surface area contributed by atoms with Crippen molar-refractivity contribution in [3.63, 3.8) is 0 Å². The molecule has 0 aliphatic carbocycles. The molecule has 4 aromatic rings. The molecule has 0 N–H and O–H groups in total. The Bertz CT molecular complexity index is 1520. The molecule has 4 aromatic carbocycles. The highest BCUT2D eigenvalue weighted by molar-refractivity contribution is 8.30. The van der Waals surface area contributed by atoms with Crippen LogP contribution in [0.15, 0.2) is 104 Å². The fourth-order valence-electron chi connectivity index (χ4n) is 3.99. The van der Waals surface area contributed by atoms with Gasteiger partial charge in [0.05, 0.1) is 0 Å². The van der Waals surface area contributed by atoms with Crippen molar-refractivity contribution >= 4 is 26.7 Å². The zero-order valence-electron chi connectivity index (χ0n) is 27.4. The average Bonchev–Trinajstić information content (AvgIpc) is 2.96. The largest absolute Gasteiger partial charge is 0.476 e. The SMILES string of the molecule is C=Cc1ccc(OS(C)(C)C(C)(C)Oc2ccc(Oc3ccc(OS(C)(C)C(C)(C)Oc4ccc(C)cc4)cc3)cc2)cc1. The van der Waals surface area contributed by atoms with E-state index in [9.17, 15) is 0 Å². The van der Waals surface area contributed by atoms with Gasteiger partial charge in [0.2, 0.25) is 0 Å². The van der Waals surface area contributed by atoms with E-state index in [4.69, 9.17) is 22.6 Å². The second-order valence-electron chi connectivity index (χ2n) is 12.3. The van der Waals surface area contributed by atoms with Gasteiger partial charge in [-0.05, 0) is 113 Å². The summed E-state index contributed by atoms with van der Waals surface area (Å²) in [6.45, 7) is 14.2. The van der Waals surface area contributed by atoms with E-state index in [1.807, 2.05) is 91.0 Å². The monoisotopic (exact) mass is 634 g/mol. The van der Waals surface area contributed by atoms with Crippen LogP contribution in [0.4, 0.5) is 0 Å². The van der Waals surface area contributed by atoms with Crippen LogP contribution in [0.1, 0.15) is 38.8 Å². The Balaban J connectivity index is 1.34. The summed E-state index contributed by atoms with van der Waals surface area (Å²) in [5.74, 6) is 4.60. The van der Waals surface area contributed by atoms with Gasteiger partial charge in [0.1, 0.15) is 34.5 Å². The van der Waals surface area contributed by atoms with Gasteiger partial charge in [0.25, 0.3) is 0 Å². The summed E-state index contributed by atoms with van der Waals surface area (Å²) in [4.78, 5) is -1.05. The molecule has 0 saturated heterocycles. The third-order valence-corrected chi connectivity index (χ3v) is 13.8. The molecular formula is C37H46O5S2. The minimum atomic E-state index is -1.63. The van der Waals surface area contributed by atoms with Gasteiger partial charge in [-0.15, -0.1) is 0 Å². The van der Waals surface area contributed by atoms with Gasteiger partial charge >= 0.3 is 0 Å². The van der Waals surface area contributed by atoms with E-state index in [-0.39, 0.29) is 0 Å². The van der Waals surface area contributed by atoms with Gasteiger partial charge in [0, 0.05) is 25.0 Å². The lowest BCUT2D eigenvalue weighted by molar-refractivity contribution is 0.194. The first kappa shape index (κ1) is 33.2. The number of ether oxygens (including phenoxy) is 3. The lowest BCUT2D eigenvalue weighted by atomic mass is 10.2. The summed E-state index contributed by atoms with van der Waals surface area (Å²) in [5, 5.41) is 0. The van der Waals surface area contributed by atoms with Crippen LogP contribution in [0, 0.1) is 6.92 Å². The molecule has 0 fully saturated rings.